The highest BCUT2D eigenvalue weighted by atomic mass is 16.2. The zero-order valence-electron chi connectivity index (χ0n) is 11.7. The summed E-state index contributed by atoms with van der Waals surface area (Å²) in [5.74, 6) is 0.280. The molecule has 0 bridgehead atoms. The minimum atomic E-state index is -0.372. The lowest BCUT2D eigenvalue weighted by molar-refractivity contribution is -0.133. The third-order valence-electron chi connectivity index (χ3n) is 3.72. The van der Waals surface area contributed by atoms with Crippen molar-refractivity contribution in [1.82, 2.24) is 4.90 Å². The molecule has 1 heterocycles. The highest BCUT2D eigenvalue weighted by molar-refractivity contribution is 5.82. The molecule has 4 heteroatoms. The standard InChI is InChI=1S/C15H23N3O/c1-12(2)14(16)15(19)18-10-8-17(9-11-18)13-6-4-3-5-7-13/h3-7,12,14H,8-11,16H2,1-2H3/t14-/m0/s1. The maximum absolute atomic E-state index is 12.2. The topological polar surface area (TPSA) is 49.6 Å². The first-order valence-corrected chi connectivity index (χ1v) is 6.94. The minimum Gasteiger partial charge on any atom is -0.368 e. The molecule has 0 spiro atoms. The van der Waals surface area contributed by atoms with E-state index in [4.69, 9.17) is 5.73 Å². The van der Waals surface area contributed by atoms with Crippen molar-refractivity contribution in [3.05, 3.63) is 30.3 Å². The quantitative estimate of drug-likeness (QED) is 0.892. The van der Waals surface area contributed by atoms with Crippen molar-refractivity contribution in [3.8, 4) is 0 Å². The van der Waals surface area contributed by atoms with Crippen molar-refractivity contribution in [2.75, 3.05) is 31.1 Å². The summed E-state index contributed by atoms with van der Waals surface area (Å²) < 4.78 is 0. The molecule has 1 aliphatic rings. The Morgan fingerprint density at radius 3 is 2.21 bits per heavy atom. The molecule has 104 valence electrons. The monoisotopic (exact) mass is 261 g/mol. The Morgan fingerprint density at radius 2 is 1.68 bits per heavy atom. The normalized spacial score (nSPS) is 17.7. The van der Waals surface area contributed by atoms with Gasteiger partial charge < -0.3 is 15.5 Å². The van der Waals surface area contributed by atoms with Crippen LogP contribution in [0.2, 0.25) is 0 Å². The Hall–Kier alpha value is -1.55. The highest BCUT2D eigenvalue weighted by Crippen LogP contribution is 2.16. The Balaban J connectivity index is 1.91. The fourth-order valence-corrected chi connectivity index (χ4v) is 2.32. The Labute approximate surface area is 115 Å². The van der Waals surface area contributed by atoms with Gasteiger partial charge in [-0.25, -0.2) is 0 Å². The molecule has 4 nitrogen and oxygen atoms in total. The van der Waals surface area contributed by atoms with Gasteiger partial charge in [0.15, 0.2) is 0 Å². The summed E-state index contributed by atoms with van der Waals surface area (Å²) in [6, 6.07) is 9.95. The van der Waals surface area contributed by atoms with Crippen LogP contribution in [0.15, 0.2) is 30.3 Å². The zero-order chi connectivity index (χ0) is 13.8. The second kappa shape index (κ2) is 6.06. The third kappa shape index (κ3) is 3.26. The van der Waals surface area contributed by atoms with E-state index in [0.29, 0.717) is 0 Å². The summed E-state index contributed by atoms with van der Waals surface area (Å²) in [4.78, 5) is 16.4. The van der Waals surface area contributed by atoms with Gasteiger partial charge in [0, 0.05) is 31.9 Å². The first-order chi connectivity index (χ1) is 9.09. The molecule has 1 fully saturated rings. The number of para-hydroxylation sites is 1. The molecular formula is C15H23N3O. The SMILES string of the molecule is CC(C)[C@H](N)C(=O)N1CCN(c2ccccc2)CC1. The van der Waals surface area contributed by atoms with Crippen molar-refractivity contribution in [3.63, 3.8) is 0 Å². The van der Waals surface area contributed by atoms with E-state index in [1.54, 1.807) is 0 Å². The van der Waals surface area contributed by atoms with Gasteiger partial charge in [-0.15, -0.1) is 0 Å². The Bertz CT molecular complexity index is 411. The molecular weight excluding hydrogens is 238 g/mol. The van der Waals surface area contributed by atoms with Crippen LogP contribution in [0.3, 0.4) is 0 Å². The fourth-order valence-electron chi connectivity index (χ4n) is 2.32. The molecule has 2 N–H and O–H groups in total. The molecule has 1 aromatic rings. The second-order valence-electron chi connectivity index (χ2n) is 5.42. The molecule has 0 unspecified atom stereocenters. The van der Waals surface area contributed by atoms with Gasteiger partial charge in [-0.3, -0.25) is 4.79 Å². The maximum Gasteiger partial charge on any atom is 0.239 e. The van der Waals surface area contributed by atoms with Gasteiger partial charge >= 0.3 is 0 Å². The van der Waals surface area contributed by atoms with E-state index in [1.165, 1.54) is 5.69 Å². The molecule has 2 rings (SSSR count). The zero-order valence-corrected chi connectivity index (χ0v) is 11.7. The van der Waals surface area contributed by atoms with Crippen LogP contribution >= 0.6 is 0 Å². The van der Waals surface area contributed by atoms with E-state index in [-0.39, 0.29) is 17.9 Å². The van der Waals surface area contributed by atoms with Gasteiger partial charge in [-0.1, -0.05) is 32.0 Å². The predicted molar refractivity (Wildman–Crippen MR) is 78.0 cm³/mol. The number of amides is 1. The van der Waals surface area contributed by atoms with Gasteiger partial charge in [0.25, 0.3) is 0 Å². The summed E-state index contributed by atoms with van der Waals surface area (Å²) in [5.41, 5.74) is 7.16. The van der Waals surface area contributed by atoms with Crippen molar-refractivity contribution in [1.29, 1.82) is 0 Å². The van der Waals surface area contributed by atoms with Crippen molar-refractivity contribution < 1.29 is 4.79 Å². The van der Waals surface area contributed by atoms with Crippen molar-refractivity contribution >= 4 is 11.6 Å². The van der Waals surface area contributed by atoms with Gasteiger partial charge in [0.2, 0.25) is 5.91 Å². The van der Waals surface area contributed by atoms with E-state index >= 15 is 0 Å². The number of carbonyl (C=O) groups is 1. The summed E-state index contributed by atoms with van der Waals surface area (Å²) >= 11 is 0. The van der Waals surface area contributed by atoms with Crippen LogP contribution in [0.1, 0.15) is 13.8 Å². The largest absolute Gasteiger partial charge is 0.368 e. The first kappa shape index (κ1) is 13.9. The molecule has 1 aromatic carbocycles. The Kier molecular flexibility index (Phi) is 4.43. The van der Waals surface area contributed by atoms with Gasteiger partial charge in [0.1, 0.15) is 0 Å². The summed E-state index contributed by atoms with van der Waals surface area (Å²) in [7, 11) is 0. The molecule has 1 saturated heterocycles. The van der Waals surface area contributed by atoms with Gasteiger partial charge in [0.05, 0.1) is 6.04 Å². The predicted octanol–water partition coefficient (Wildman–Crippen LogP) is 1.32. The molecule has 1 aliphatic heterocycles. The number of hydrogen-bond acceptors (Lipinski definition) is 3. The first-order valence-electron chi connectivity index (χ1n) is 6.94. The number of nitrogens with zero attached hydrogens (tertiary/aromatic N) is 2. The fraction of sp³-hybridized carbons (Fsp3) is 0.533. The number of carbonyl (C=O) groups excluding carboxylic acids is 1. The average Bonchev–Trinajstić information content (AvgIpc) is 2.46. The molecule has 0 aliphatic carbocycles. The van der Waals surface area contributed by atoms with E-state index in [0.717, 1.165) is 26.2 Å². The Morgan fingerprint density at radius 1 is 1.11 bits per heavy atom. The summed E-state index contributed by atoms with van der Waals surface area (Å²) in [6.45, 7) is 7.25. The van der Waals surface area contributed by atoms with Crippen molar-refractivity contribution in [2.24, 2.45) is 11.7 Å². The molecule has 0 aromatic heterocycles. The number of rotatable bonds is 3. The molecule has 1 amide bonds. The number of anilines is 1. The lowest BCUT2D eigenvalue weighted by atomic mass is 10.0. The summed E-state index contributed by atoms with van der Waals surface area (Å²) in [5, 5.41) is 0. The number of piperazine rings is 1. The molecule has 0 saturated carbocycles. The van der Waals surface area contributed by atoms with Crippen LogP contribution in [0.5, 0.6) is 0 Å². The van der Waals surface area contributed by atoms with Crippen LogP contribution in [-0.2, 0) is 4.79 Å². The lowest BCUT2D eigenvalue weighted by Crippen LogP contribution is -2.54. The molecule has 19 heavy (non-hydrogen) atoms. The second-order valence-corrected chi connectivity index (χ2v) is 5.42. The minimum absolute atomic E-state index is 0.0858. The van der Waals surface area contributed by atoms with Gasteiger partial charge in [-0.2, -0.15) is 0 Å². The van der Waals surface area contributed by atoms with Crippen LogP contribution in [-0.4, -0.2) is 43.0 Å². The highest BCUT2D eigenvalue weighted by Gasteiger charge is 2.26. The van der Waals surface area contributed by atoms with E-state index in [2.05, 4.69) is 17.0 Å². The van der Waals surface area contributed by atoms with Crippen molar-refractivity contribution in [2.45, 2.75) is 19.9 Å². The van der Waals surface area contributed by atoms with Crippen LogP contribution in [0.25, 0.3) is 0 Å². The van der Waals surface area contributed by atoms with Gasteiger partial charge in [-0.05, 0) is 18.1 Å². The van der Waals surface area contributed by atoms with E-state index in [9.17, 15) is 4.79 Å². The lowest BCUT2D eigenvalue weighted by Gasteiger charge is -2.37. The number of benzene rings is 1. The average molecular weight is 261 g/mol. The van der Waals surface area contributed by atoms with Crippen LogP contribution in [0, 0.1) is 5.92 Å². The number of hydrogen-bond donors (Lipinski definition) is 1. The number of nitrogens with two attached hydrogens (primary N) is 1. The summed E-state index contributed by atoms with van der Waals surface area (Å²) in [6.07, 6.45) is 0. The van der Waals surface area contributed by atoms with E-state index < -0.39 is 0 Å². The molecule has 0 radical (unpaired) electrons. The van der Waals surface area contributed by atoms with Crippen LogP contribution in [0.4, 0.5) is 5.69 Å². The smallest absolute Gasteiger partial charge is 0.239 e. The third-order valence-corrected chi connectivity index (χ3v) is 3.72. The van der Waals surface area contributed by atoms with Crippen LogP contribution < -0.4 is 10.6 Å². The molecule has 1 atom stereocenters. The van der Waals surface area contributed by atoms with E-state index in [1.807, 2.05) is 36.9 Å². The maximum atomic E-state index is 12.2.